The maximum Gasteiger partial charge on any atom is 0 e. The van der Waals surface area contributed by atoms with Crippen LogP contribution in [0.25, 0.3) is 0 Å². The van der Waals surface area contributed by atoms with Gasteiger partial charge in [-0.1, -0.05) is 35.4 Å². The van der Waals surface area contributed by atoms with Crippen LogP contribution in [0, 0.1) is 6.42 Å². The standard InChI is InChI=1S/C9H9.Nb/c1-2-5-9-7-3-6-8(9)4-1;/h1-5H,6-7H2;/q-1;. The molecule has 2 rings (SSSR count). The summed E-state index contributed by atoms with van der Waals surface area (Å²) in [5.41, 5.74) is 3.02. The Morgan fingerprint density at radius 3 is 2.00 bits per heavy atom. The van der Waals surface area contributed by atoms with Gasteiger partial charge in [0.15, 0.2) is 0 Å². The molecule has 0 unspecified atom stereocenters. The SMILES string of the molecule is [Nb].c1ccc2c(c1)C[CH-]C2. The van der Waals surface area contributed by atoms with E-state index in [1.165, 1.54) is 24.0 Å². The van der Waals surface area contributed by atoms with Gasteiger partial charge in [0, 0.05) is 22.4 Å². The molecular formula is C9H9Nb-. The van der Waals surface area contributed by atoms with Crippen molar-refractivity contribution in [3.63, 3.8) is 0 Å². The van der Waals surface area contributed by atoms with Gasteiger partial charge in [-0.05, 0) is 0 Å². The van der Waals surface area contributed by atoms with Crippen molar-refractivity contribution in [3.8, 4) is 0 Å². The van der Waals surface area contributed by atoms with E-state index in [-0.39, 0.29) is 22.4 Å². The summed E-state index contributed by atoms with van der Waals surface area (Å²) in [6.45, 7) is 0. The maximum atomic E-state index is 2.32. The van der Waals surface area contributed by atoms with E-state index in [1.807, 2.05) is 0 Å². The maximum absolute atomic E-state index is 2.32. The largest absolute Gasteiger partial charge is 0.320 e. The van der Waals surface area contributed by atoms with Gasteiger partial charge in [0.1, 0.15) is 0 Å². The second kappa shape index (κ2) is 3.38. The third kappa shape index (κ3) is 1.34. The van der Waals surface area contributed by atoms with Crippen molar-refractivity contribution >= 4 is 0 Å². The molecule has 0 bridgehead atoms. The average molecular weight is 210 g/mol. The molecule has 0 saturated carbocycles. The van der Waals surface area contributed by atoms with Crippen LogP contribution in [0.1, 0.15) is 11.1 Å². The molecule has 0 N–H and O–H groups in total. The van der Waals surface area contributed by atoms with E-state index in [0.717, 1.165) is 0 Å². The molecule has 0 amide bonds. The minimum absolute atomic E-state index is 0. The molecule has 1 aliphatic carbocycles. The topological polar surface area (TPSA) is 0 Å². The van der Waals surface area contributed by atoms with Gasteiger partial charge in [0.25, 0.3) is 0 Å². The molecular weight excluding hydrogens is 201 g/mol. The summed E-state index contributed by atoms with van der Waals surface area (Å²) in [6.07, 6.45) is 4.68. The summed E-state index contributed by atoms with van der Waals surface area (Å²) in [5, 5.41) is 0. The van der Waals surface area contributed by atoms with Crippen molar-refractivity contribution in [2.45, 2.75) is 12.8 Å². The van der Waals surface area contributed by atoms with Gasteiger partial charge in [0.2, 0.25) is 0 Å². The van der Waals surface area contributed by atoms with Crippen LogP contribution in [0.4, 0.5) is 0 Å². The van der Waals surface area contributed by atoms with Crippen LogP contribution in [0.5, 0.6) is 0 Å². The first-order valence-corrected chi connectivity index (χ1v) is 3.35. The first-order valence-electron chi connectivity index (χ1n) is 3.35. The molecule has 1 heteroatoms. The summed E-state index contributed by atoms with van der Waals surface area (Å²) >= 11 is 0. The van der Waals surface area contributed by atoms with Gasteiger partial charge in [-0.25, -0.2) is 0 Å². The number of hydrogen-bond acceptors (Lipinski definition) is 0. The number of fused-ring (bicyclic) bond motifs is 1. The molecule has 0 heterocycles. The Labute approximate surface area is 77.2 Å². The summed E-state index contributed by atoms with van der Waals surface area (Å²) in [4.78, 5) is 0. The summed E-state index contributed by atoms with van der Waals surface area (Å²) in [7, 11) is 0. The molecule has 1 aromatic carbocycles. The fourth-order valence-corrected chi connectivity index (χ4v) is 1.34. The Bertz CT molecular complexity index is 195. The minimum Gasteiger partial charge on any atom is -0.320 e. The van der Waals surface area contributed by atoms with Crippen molar-refractivity contribution < 1.29 is 22.4 Å². The number of rotatable bonds is 0. The zero-order valence-corrected chi connectivity index (χ0v) is 7.95. The van der Waals surface area contributed by atoms with Crippen LogP contribution in [-0.4, -0.2) is 0 Å². The van der Waals surface area contributed by atoms with Gasteiger partial charge >= 0.3 is 0 Å². The first kappa shape index (κ1) is 8.06. The monoisotopic (exact) mass is 210 g/mol. The molecule has 1 aromatic rings. The zero-order valence-electron chi connectivity index (χ0n) is 5.75. The van der Waals surface area contributed by atoms with Gasteiger partial charge < -0.3 is 6.42 Å². The van der Waals surface area contributed by atoms with E-state index in [9.17, 15) is 0 Å². The third-order valence-corrected chi connectivity index (χ3v) is 1.85. The molecule has 51 valence electrons. The first-order chi connectivity index (χ1) is 4.47. The van der Waals surface area contributed by atoms with Crippen LogP contribution in [0.2, 0.25) is 0 Å². The van der Waals surface area contributed by atoms with E-state index in [4.69, 9.17) is 0 Å². The van der Waals surface area contributed by atoms with Crippen LogP contribution < -0.4 is 0 Å². The average Bonchev–Trinajstić information content (AvgIpc) is 2.33. The van der Waals surface area contributed by atoms with Crippen molar-refractivity contribution in [1.29, 1.82) is 0 Å². The Kier molecular flexibility index (Phi) is 2.72. The molecule has 0 spiro atoms. The van der Waals surface area contributed by atoms with E-state index in [0.29, 0.717) is 0 Å². The van der Waals surface area contributed by atoms with Crippen LogP contribution >= 0.6 is 0 Å². The zero-order chi connectivity index (χ0) is 6.10. The van der Waals surface area contributed by atoms with Gasteiger partial charge in [0.05, 0.1) is 0 Å². The van der Waals surface area contributed by atoms with Gasteiger partial charge in [-0.15, -0.1) is 0 Å². The van der Waals surface area contributed by atoms with E-state index < -0.39 is 0 Å². The molecule has 1 radical (unpaired) electrons. The predicted molar refractivity (Wildman–Crippen MR) is 38.2 cm³/mol. The molecule has 0 aromatic heterocycles. The molecule has 10 heavy (non-hydrogen) atoms. The summed E-state index contributed by atoms with van der Waals surface area (Å²) in [5.74, 6) is 0. The van der Waals surface area contributed by atoms with Crippen LogP contribution in [-0.2, 0) is 35.2 Å². The van der Waals surface area contributed by atoms with Crippen molar-refractivity contribution in [1.82, 2.24) is 0 Å². The Hall–Kier alpha value is -0.0397. The summed E-state index contributed by atoms with van der Waals surface area (Å²) < 4.78 is 0. The molecule has 0 saturated heterocycles. The molecule has 1 aliphatic rings. The van der Waals surface area contributed by atoms with Gasteiger partial charge in [-0.3, -0.25) is 0 Å². The molecule has 0 aliphatic heterocycles. The smallest absolute Gasteiger partial charge is 0 e. The summed E-state index contributed by atoms with van der Waals surface area (Å²) in [6, 6.07) is 8.63. The fourth-order valence-electron chi connectivity index (χ4n) is 1.34. The Balaban J connectivity index is 0.000000500. The Morgan fingerprint density at radius 2 is 1.50 bits per heavy atom. The Morgan fingerprint density at radius 1 is 1.00 bits per heavy atom. The molecule has 0 atom stereocenters. The quantitative estimate of drug-likeness (QED) is 0.453. The van der Waals surface area contributed by atoms with Crippen LogP contribution in [0.15, 0.2) is 24.3 Å². The van der Waals surface area contributed by atoms with E-state index >= 15 is 0 Å². The van der Waals surface area contributed by atoms with Crippen molar-refractivity contribution in [3.05, 3.63) is 41.8 Å². The predicted octanol–water partition coefficient (Wildman–Crippen LogP) is 1.99. The molecule has 0 fully saturated rings. The van der Waals surface area contributed by atoms with Crippen molar-refractivity contribution in [2.75, 3.05) is 0 Å². The van der Waals surface area contributed by atoms with E-state index in [2.05, 4.69) is 30.7 Å². The normalized spacial score (nSPS) is 14.0. The van der Waals surface area contributed by atoms with Crippen molar-refractivity contribution in [2.24, 2.45) is 0 Å². The van der Waals surface area contributed by atoms with E-state index in [1.54, 1.807) is 0 Å². The van der Waals surface area contributed by atoms with Crippen LogP contribution in [0.3, 0.4) is 0 Å². The molecule has 0 nitrogen and oxygen atoms in total. The second-order valence-electron chi connectivity index (χ2n) is 2.47. The second-order valence-corrected chi connectivity index (χ2v) is 2.47. The fraction of sp³-hybridized carbons (Fsp3) is 0.222. The minimum atomic E-state index is 0. The van der Waals surface area contributed by atoms with Gasteiger partial charge in [-0.2, -0.15) is 12.8 Å². The third-order valence-electron chi connectivity index (χ3n) is 1.85. The number of benzene rings is 1. The number of hydrogen-bond donors (Lipinski definition) is 0.